The molecule has 23 heavy (non-hydrogen) atoms. The molecule has 1 aromatic carbocycles. The molecule has 0 saturated carbocycles. The molecular weight excluding hydrogens is 348 g/mol. The van der Waals surface area contributed by atoms with Crippen LogP contribution in [0.3, 0.4) is 0 Å². The summed E-state index contributed by atoms with van der Waals surface area (Å²) in [6, 6.07) is 2.13. The number of amides is 1. The van der Waals surface area contributed by atoms with Crippen molar-refractivity contribution in [1.82, 2.24) is 4.98 Å². The minimum absolute atomic E-state index is 0.0385. The molecule has 124 valence electrons. The summed E-state index contributed by atoms with van der Waals surface area (Å²) in [6.07, 6.45) is 0.415. The maximum absolute atomic E-state index is 13.6. The topological polar surface area (TPSA) is 102 Å². The third-order valence-corrected chi connectivity index (χ3v) is 5.31. The smallest absolute Gasteiger partial charge is 0.266 e. The number of halogens is 2. The fourth-order valence-corrected chi connectivity index (χ4v) is 3.99. The molecule has 2 aromatic rings. The van der Waals surface area contributed by atoms with Crippen LogP contribution in [0.2, 0.25) is 0 Å². The summed E-state index contributed by atoms with van der Waals surface area (Å²) in [5.74, 6) is -3.30. The SMILES string of the molecule is CCC(C(N)=O)c1csc(NS(=O)(=O)c2ccc(F)cc2F)n1. The van der Waals surface area contributed by atoms with E-state index in [2.05, 4.69) is 9.71 Å². The Morgan fingerprint density at radius 3 is 2.70 bits per heavy atom. The average Bonchev–Trinajstić information content (AvgIpc) is 2.85. The van der Waals surface area contributed by atoms with Crippen molar-refractivity contribution in [2.24, 2.45) is 5.73 Å². The molecule has 6 nitrogen and oxygen atoms in total. The van der Waals surface area contributed by atoms with E-state index >= 15 is 0 Å². The first-order valence-corrected chi connectivity index (χ1v) is 8.83. The Kier molecular flexibility index (Phi) is 4.95. The summed E-state index contributed by atoms with van der Waals surface area (Å²) in [4.78, 5) is 14.6. The van der Waals surface area contributed by atoms with E-state index in [1.165, 1.54) is 5.38 Å². The highest BCUT2D eigenvalue weighted by Gasteiger charge is 2.23. The number of aromatic nitrogens is 1. The minimum Gasteiger partial charge on any atom is -0.369 e. The average molecular weight is 361 g/mol. The van der Waals surface area contributed by atoms with E-state index in [1.807, 2.05) is 0 Å². The Balaban J connectivity index is 2.28. The molecule has 0 bridgehead atoms. The summed E-state index contributed by atoms with van der Waals surface area (Å²) in [7, 11) is -4.26. The molecule has 0 fully saturated rings. The van der Waals surface area contributed by atoms with Gasteiger partial charge in [0.1, 0.15) is 16.5 Å². The van der Waals surface area contributed by atoms with Crippen LogP contribution >= 0.6 is 11.3 Å². The Bertz CT molecular complexity index is 837. The van der Waals surface area contributed by atoms with Gasteiger partial charge in [0.05, 0.1) is 11.6 Å². The minimum atomic E-state index is -4.26. The van der Waals surface area contributed by atoms with Crippen LogP contribution in [0.25, 0.3) is 0 Å². The molecule has 1 amide bonds. The molecule has 0 aliphatic heterocycles. The summed E-state index contributed by atoms with van der Waals surface area (Å²) < 4.78 is 52.8. The number of hydrogen-bond acceptors (Lipinski definition) is 5. The Morgan fingerprint density at radius 1 is 1.43 bits per heavy atom. The number of primary amides is 1. The summed E-state index contributed by atoms with van der Waals surface area (Å²) in [5, 5.41) is 1.46. The normalized spacial score (nSPS) is 12.8. The first kappa shape index (κ1) is 17.3. The van der Waals surface area contributed by atoms with Gasteiger partial charge >= 0.3 is 0 Å². The van der Waals surface area contributed by atoms with E-state index in [0.717, 1.165) is 23.5 Å². The van der Waals surface area contributed by atoms with Gasteiger partial charge in [-0.2, -0.15) is 0 Å². The highest BCUT2D eigenvalue weighted by Crippen LogP contribution is 2.26. The van der Waals surface area contributed by atoms with Gasteiger partial charge in [-0.3, -0.25) is 9.52 Å². The lowest BCUT2D eigenvalue weighted by Crippen LogP contribution is -2.21. The Labute approximate surface area is 135 Å². The number of hydrogen-bond donors (Lipinski definition) is 2. The molecule has 0 radical (unpaired) electrons. The molecule has 1 heterocycles. The van der Waals surface area contributed by atoms with Crippen LogP contribution in [0, 0.1) is 11.6 Å². The number of carbonyl (C=O) groups is 1. The Hall–Kier alpha value is -2.07. The third kappa shape index (κ3) is 3.82. The van der Waals surface area contributed by atoms with Crippen LogP contribution in [-0.2, 0) is 14.8 Å². The number of nitrogens with one attached hydrogen (secondary N) is 1. The van der Waals surface area contributed by atoms with Crippen LogP contribution in [0.4, 0.5) is 13.9 Å². The molecule has 0 aliphatic rings. The second-order valence-electron chi connectivity index (χ2n) is 4.62. The number of nitrogens with two attached hydrogens (primary N) is 1. The number of thiazole rings is 1. The second-order valence-corrected chi connectivity index (χ2v) is 7.13. The highest BCUT2D eigenvalue weighted by atomic mass is 32.2. The zero-order chi connectivity index (χ0) is 17.2. The summed E-state index contributed by atoms with van der Waals surface area (Å²) >= 11 is 0.936. The molecule has 0 saturated heterocycles. The van der Waals surface area contributed by atoms with Crippen LogP contribution in [-0.4, -0.2) is 19.3 Å². The fourth-order valence-electron chi connectivity index (χ4n) is 1.91. The summed E-state index contributed by atoms with van der Waals surface area (Å²) in [6.45, 7) is 1.74. The second kappa shape index (κ2) is 6.59. The molecule has 0 aliphatic carbocycles. The molecule has 0 spiro atoms. The predicted octanol–water partition coefficient (Wildman–Crippen LogP) is 2.20. The zero-order valence-electron chi connectivity index (χ0n) is 11.9. The lowest BCUT2D eigenvalue weighted by Gasteiger charge is -2.07. The third-order valence-electron chi connectivity index (χ3n) is 3.04. The van der Waals surface area contributed by atoms with Crippen molar-refractivity contribution in [3.63, 3.8) is 0 Å². The monoisotopic (exact) mass is 361 g/mol. The van der Waals surface area contributed by atoms with Gasteiger partial charge in [-0.05, 0) is 18.6 Å². The number of benzene rings is 1. The van der Waals surface area contributed by atoms with Crippen molar-refractivity contribution in [3.05, 3.63) is 40.9 Å². The van der Waals surface area contributed by atoms with E-state index in [-0.39, 0.29) is 5.13 Å². The van der Waals surface area contributed by atoms with E-state index in [1.54, 1.807) is 6.92 Å². The lowest BCUT2D eigenvalue weighted by molar-refractivity contribution is -0.119. The molecule has 2 rings (SSSR count). The van der Waals surface area contributed by atoms with Crippen molar-refractivity contribution >= 4 is 32.4 Å². The number of anilines is 1. The zero-order valence-corrected chi connectivity index (χ0v) is 13.5. The van der Waals surface area contributed by atoms with Gasteiger partial charge in [0, 0.05) is 11.4 Å². The maximum atomic E-state index is 13.6. The molecule has 1 atom stereocenters. The highest BCUT2D eigenvalue weighted by molar-refractivity contribution is 7.93. The van der Waals surface area contributed by atoms with Crippen molar-refractivity contribution < 1.29 is 22.0 Å². The van der Waals surface area contributed by atoms with Crippen LogP contribution in [0.5, 0.6) is 0 Å². The number of rotatable bonds is 6. The molecule has 1 aromatic heterocycles. The van der Waals surface area contributed by atoms with Gasteiger partial charge in [0.15, 0.2) is 5.13 Å². The quantitative estimate of drug-likeness (QED) is 0.823. The van der Waals surface area contributed by atoms with E-state index in [9.17, 15) is 22.0 Å². The van der Waals surface area contributed by atoms with Gasteiger partial charge in [-0.15, -0.1) is 11.3 Å². The maximum Gasteiger partial charge on any atom is 0.266 e. The largest absolute Gasteiger partial charge is 0.369 e. The van der Waals surface area contributed by atoms with Crippen molar-refractivity contribution in [2.75, 3.05) is 4.72 Å². The standard InChI is InChI=1S/C13H13F2N3O3S2/c1-2-8(12(16)19)10-6-22-13(17-10)18-23(20,21)11-4-3-7(14)5-9(11)15/h3-6,8H,2H2,1H3,(H2,16,19)(H,17,18). The number of carbonyl (C=O) groups excluding carboxylic acids is 1. The predicted molar refractivity (Wildman–Crippen MR) is 81.5 cm³/mol. The molecular formula is C13H13F2N3O3S2. The molecule has 3 N–H and O–H groups in total. The molecule has 1 unspecified atom stereocenters. The fraction of sp³-hybridized carbons (Fsp3) is 0.231. The first-order valence-electron chi connectivity index (χ1n) is 6.47. The van der Waals surface area contributed by atoms with E-state index in [0.29, 0.717) is 18.2 Å². The van der Waals surface area contributed by atoms with Crippen LogP contribution in [0.15, 0.2) is 28.5 Å². The van der Waals surface area contributed by atoms with Gasteiger partial charge < -0.3 is 5.73 Å². The van der Waals surface area contributed by atoms with Crippen molar-refractivity contribution in [1.29, 1.82) is 0 Å². The van der Waals surface area contributed by atoms with Crippen molar-refractivity contribution in [2.45, 2.75) is 24.2 Å². The molecule has 10 heteroatoms. The number of sulfonamides is 1. The van der Waals surface area contributed by atoms with Gasteiger partial charge in [0.2, 0.25) is 5.91 Å². The number of nitrogens with zero attached hydrogens (tertiary/aromatic N) is 1. The van der Waals surface area contributed by atoms with Crippen LogP contribution in [0.1, 0.15) is 25.0 Å². The Morgan fingerprint density at radius 2 is 2.13 bits per heavy atom. The lowest BCUT2D eigenvalue weighted by atomic mass is 10.0. The van der Waals surface area contributed by atoms with Gasteiger partial charge in [-0.1, -0.05) is 6.92 Å². The summed E-state index contributed by atoms with van der Waals surface area (Å²) in [5.41, 5.74) is 5.58. The van der Waals surface area contributed by atoms with E-state index < -0.39 is 38.4 Å². The first-order chi connectivity index (χ1) is 10.7. The van der Waals surface area contributed by atoms with E-state index in [4.69, 9.17) is 5.73 Å². The van der Waals surface area contributed by atoms with Crippen molar-refractivity contribution in [3.8, 4) is 0 Å². The van der Waals surface area contributed by atoms with Gasteiger partial charge in [-0.25, -0.2) is 22.2 Å². The van der Waals surface area contributed by atoms with Crippen LogP contribution < -0.4 is 10.5 Å². The van der Waals surface area contributed by atoms with Gasteiger partial charge in [0.25, 0.3) is 10.0 Å².